The van der Waals surface area contributed by atoms with E-state index in [0.29, 0.717) is 11.7 Å². The highest BCUT2D eigenvalue weighted by atomic mass is 28.3. The predicted molar refractivity (Wildman–Crippen MR) is 69.7 cm³/mol. The zero-order valence-corrected chi connectivity index (χ0v) is 11.4. The van der Waals surface area contributed by atoms with Crippen LogP contribution in [0.2, 0.25) is 19.6 Å². The second kappa shape index (κ2) is 4.80. The van der Waals surface area contributed by atoms with E-state index in [1.807, 2.05) is 31.2 Å². The Morgan fingerprint density at radius 2 is 1.75 bits per heavy atom. The second-order valence-electron chi connectivity index (χ2n) is 5.36. The Labute approximate surface area is 98.2 Å². The molecule has 0 heterocycles. The van der Waals surface area contributed by atoms with Crippen molar-refractivity contribution in [3.05, 3.63) is 35.4 Å². The van der Waals surface area contributed by atoms with Crippen LogP contribution in [0.4, 0.5) is 0 Å². The van der Waals surface area contributed by atoms with Gasteiger partial charge in [0.2, 0.25) is 0 Å². The summed E-state index contributed by atoms with van der Waals surface area (Å²) in [5, 5.41) is 1.34. The largest absolute Gasteiger partial charge is 0.280 e. The SMILES string of the molecule is Cc1ccc(C(=O)N(N)C[Si](C)(C)C)cc1. The first-order valence-corrected chi connectivity index (χ1v) is 9.13. The third-order valence-corrected chi connectivity index (χ3v) is 3.49. The maximum atomic E-state index is 12.0. The van der Waals surface area contributed by atoms with Gasteiger partial charge in [-0.05, 0) is 19.1 Å². The molecule has 1 rings (SSSR count). The van der Waals surface area contributed by atoms with Crippen LogP contribution in [0.15, 0.2) is 24.3 Å². The molecule has 0 atom stereocenters. The lowest BCUT2D eigenvalue weighted by Gasteiger charge is -2.24. The Kier molecular flexibility index (Phi) is 3.88. The molecule has 0 aliphatic rings. The van der Waals surface area contributed by atoms with Crippen LogP contribution in [0.5, 0.6) is 0 Å². The molecule has 3 nitrogen and oxygen atoms in total. The quantitative estimate of drug-likeness (QED) is 0.378. The third-order valence-electron chi connectivity index (χ3n) is 2.20. The van der Waals surface area contributed by atoms with E-state index in [2.05, 4.69) is 19.6 Å². The molecule has 0 saturated carbocycles. The molecule has 0 aromatic heterocycles. The number of nitrogens with two attached hydrogens (primary N) is 1. The van der Waals surface area contributed by atoms with E-state index in [1.54, 1.807) is 0 Å². The first kappa shape index (κ1) is 12.9. The number of benzene rings is 1. The molecule has 0 fully saturated rings. The standard InChI is InChI=1S/C12H20N2OSi/c1-10-5-7-11(8-6-10)12(15)14(13)9-16(2,3)4/h5-8H,9,13H2,1-4H3. The van der Waals surface area contributed by atoms with Gasteiger partial charge in [0.25, 0.3) is 5.91 Å². The molecular weight excluding hydrogens is 216 g/mol. The Balaban J connectivity index is 2.74. The fourth-order valence-corrected chi connectivity index (χ4v) is 2.61. The Morgan fingerprint density at radius 3 is 2.19 bits per heavy atom. The molecule has 2 N–H and O–H groups in total. The molecule has 0 radical (unpaired) electrons. The van der Waals surface area contributed by atoms with Crippen LogP contribution < -0.4 is 5.84 Å². The lowest BCUT2D eigenvalue weighted by Crippen LogP contribution is -2.47. The lowest BCUT2D eigenvalue weighted by atomic mass is 10.1. The van der Waals surface area contributed by atoms with Gasteiger partial charge < -0.3 is 0 Å². The summed E-state index contributed by atoms with van der Waals surface area (Å²) in [4.78, 5) is 12.0. The Hall–Kier alpha value is -1.13. The predicted octanol–water partition coefficient (Wildman–Crippen LogP) is 2.19. The summed E-state index contributed by atoms with van der Waals surface area (Å²) in [6, 6.07) is 7.49. The average Bonchev–Trinajstić information content (AvgIpc) is 2.15. The molecule has 1 aromatic rings. The summed E-state index contributed by atoms with van der Waals surface area (Å²) in [5.74, 6) is 5.70. The van der Waals surface area contributed by atoms with Gasteiger partial charge in [0, 0.05) is 11.7 Å². The van der Waals surface area contributed by atoms with E-state index in [4.69, 9.17) is 5.84 Å². The normalized spacial score (nSPS) is 11.3. The van der Waals surface area contributed by atoms with Gasteiger partial charge in [-0.25, -0.2) is 5.84 Å². The van der Waals surface area contributed by atoms with Gasteiger partial charge >= 0.3 is 0 Å². The lowest BCUT2D eigenvalue weighted by molar-refractivity contribution is 0.0780. The molecule has 0 spiro atoms. The summed E-state index contributed by atoms with van der Waals surface area (Å²) < 4.78 is 0. The first-order chi connectivity index (χ1) is 7.29. The van der Waals surface area contributed by atoms with Crippen LogP contribution in [-0.2, 0) is 0 Å². The van der Waals surface area contributed by atoms with Crippen molar-refractivity contribution >= 4 is 14.0 Å². The number of carbonyl (C=O) groups excluding carboxylic acids is 1. The van der Waals surface area contributed by atoms with Crippen molar-refractivity contribution in [2.24, 2.45) is 5.84 Å². The highest BCUT2D eigenvalue weighted by molar-refractivity contribution is 6.76. The van der Waals surface area contributed by atoms with Crippen LogP contribution in [0.1, 0.15) is 15.9 Å². The van der Waals surface area contributed by atoms with E-state index in [9.17, 15) is 4.79 Å². The molecule has 16 heavy (non-hydrogen) atoms. The van der Waals surface area contributed by atoms with Gasteiger partial charge in [0.1, 0.15) is 0 Å². The van der Waals surface area contributed by atoms with Crippen LogP contribution in [0, 0.1) is 6.92 Å². The molecule has 0 aliphatic carbocycles. The van der Waals surface area contributed by atoms with Gasteiger partial charge in [0.15, 0.2) is 0 Å². The minimum atomic E-state index is -1.35. The molecule has 1 aromatic carbocycles. The third kappa shape index (κ3) is 3.79. The number of carbonyl (C=O) groups is 1. The number of amides is 1. The molecular formula is C12H20N2OSi. The van der Waals surface area contributed by atoms with Crippen molar-refractivity contribution in [2.75, 3.05) is 6.17 Å². The first-order valence-electron chi connectivity index (χ1n) is 5.43. The number of nitrogens with zero attached hydrogens (tertiary/aromatic N) is 1. The zero-order valence-electron chi connectivity index (χ0n) is 10.4. The Bertz CT molecular complexity index is 368. The van der Waals surface area contributed by atoms with E-state index in [0.717, 1.165) is 5.56 Å². The van der Waals surface area contributed by atoms with Crippen molar-refractivity contribution in [3.8, 4) is 0 Å². The van der Waals surface area contributed by atoms with Crippen LogP contribution in [0.3, 0.4) is 0 Å². The van der Waals surface area contributed by atoms with Crippen molar-refractivity contribution in [2.45, 2.75) is 26.6 Å². The van der Waals surface area contributed by atoms with Crippen molar-refractivity contribution < 1.29 is 4.79 Å². The maximum Gasteiger partial charge on any atom is 0.267 e. The molecule has 0 aliphatic heterocycles. The minimum absolute atomic E-state index is 0.0950. The summed E-state index contributed by atoms with van der Waals surface area (Å²) in [5.41, 5.74) is 1.80. The molecule has 0 unspecified atom stereocenters. The molecule has 88 valence electrons. The van der Waals surface area contributed by atoms with Crippen molar-refractivity contribution in [3.63, 3.8) is 0 Å². The minimum Gasteiger partial charge on any atom is -0.280 e. The number of hydrogen-bond acceptors (Lipinski definition) is 2. The van der Waals surface area contributed by atoms with Crippen LogP contribution >= 0.6 is 0 Å². The summed E-state index contributed by atoms with van der Waals surface area (Å²) in [6.45, 7) is 8.57. The van der Waals surface area contributed by atoms with E-state index >= 15 is 0 Å². The maximum absolute atomic E-state index is 12.0. The van der Waals surface area contributed by atoms with Crippen molar-refractivity contribution in [1.29, 1.82) is 0 Å². The number of hydrogen-bond donors (Lipinski definition) is 1. The number of aryl methyl sites for hydroxylation is 1. The van der Waals surface area contributed by atoms with Gasteiger partial charge in [-0.15, -0.1) is 0 Å². The summed E-state index contributed by atoms with van der Waals surface area (Å²) >= 11 is 0. The van der Waals surface area contributed by atoms with Crippen LogP contribution in [-0.4, -0.2) is 25.2 Å². The van der Waals surface area contributed by atoms with E-state index in [-0.39, 0.29) is 5.91 Å². The van der Waals surface area contributed by atoms with Crippen LogP contribution in [0.25, 0.3) is 0 Å². The van der Waals surface area contributed by atoms with E-state index < -0.39 is 8.07 Å². The van der Waals surface area contributed by atoms with Gasteiger partial charge in [-0.1, -0.05) is 37.3 Å². The number of hydrazine groups is 1. The number of rotatable bonds is 3. The molecule has 0 bridgehead atoms. The fraction of sp³-hybridized carbons (Fsp3) is 0.417. The highest BCUT2D eigenvalue weighted by Gasteiger charge is 2.20. The molecule has 0 saturated heterocycles. The van der Waals surface area contributed by atoms with E-state index in [1.165, 1.54) is 5.01 Å². The summed E-state index contributed by atoms with van der Waals surface area (Å²) in [7, 11) is -1.35. The molecule has 4 heteroatoms. The summed E-state index contributed by atoms with van der Waals surface area (Å²) in [6.07, 6.45) is 0.680. The average molecular weight is 236 g/mol. The van der Waals surface area contributed by atoms with Crippen molar-refractivity contribution in [1.82, 2.24) is 5.01 Å². The van der Waals surface area contributed by atoms with Gasteiger partial charge in [-0.2, -0.15) is 0 Å². The van der Waals surface area contributed by atoms with Gasteiger partial charge in [0.05, 0.1) is 8.07 Å². The Morgan fingerprint density at radius 1 is 1.25 bits per heavy atom. The highest BCUT2D eigenvalue weighted by Crippen LogP contribution is 2.08. The smallest absolute Gasteiger partial charge is 0.267 e. The zero-order chi connectivity index (χ0) is 12.3. The molecule has 1 amide bonds. The topological polar surface area (TPSA) is 46.3 Å². The fourth-order valence-electron chi connectivity index (χ4n) is 1.44. The monoisotopic (exact) mass is 236 g/mol. The van der Waals surface area contributed by atoms with Gasteiger partial charge in [-0.3, -0.25) is 9.80 Å². The second-order valence-corrected chi connectivity index (χ2v) is 10.8.